The highest BCUT2D eigenvalue weighted by molar-refractivity contribution is 7.48. The molecule has 0 saturated heterocycles. The molecule has 28 heavy (non-hydrogen) atoms. The third-order valence-corrected chi connectivity index (χ3v) is 7.50. The fourth-order valence-corrected chi connectivity index (χ4v) is 5.23. The monoisotopic (exact) mass is 389 g/mol. The van der Waals surface area contributed by atoms with Crippen molar-refractivity contribution in [2.75, 3.05) is 0 Å². The van der Waals surface area contributed by atoms with Crippen LogP contribution in [0.3, 0.4) is 0 Å². The zero-order valence-corrected chi connectivity index (χ0v) is 17.8. The van der Waals surface area contributed by atoms with Gasteiger partial charge in [-0.15, -0.1) is 0 Å². The Morgan fingerprint density at radius 2 is 1.61 bits per heavy atom. The first-order valence-corrected chi connectivity index (χ1v) is 10.8. The van der Waals surface area contributed by atoms with Gasteiger partial charge >= 0.3 is 0 Å². The van der Waals surface area contributed by atoms with Crippen molar-refractivity contribution >= 4 is 25.8 Å². The highest BCUT2D eigenvalue weighted by atomic mass is 31.1. The minimum absolute atomic E-state index is 0.0735. The topological polar surface area (TPSA) is 32.6 Å². The maximum atomic E-state index is 10.5. The summed E-state index contributed by atoms with van der Waals surface area (Å²) in [6.45, 7) is 6.55. The van der Waals surface area contributed by atoms with Gasteiger partial charge in [-0.1, -0.05) is 76.5 Å². The van der Waals surface area contributed by atoms with Crippen molar-refractivity contribution in [3.8, 4) is 5.75 Å². The number of aryl methyl sites for hydroxylation is 1. The van der Waals surface area contributed by atoms with Gasteiger partial charge in [0.05, 0.1) is 5.69 Å². The van der Waals surface area contributed by atoms with Crippen molar-refractivity contribution in [3.05, 3.63) is 89.5 Å². The Hall–Kier alpha value is -2.44. The van der Waals surface area contributed by atoms with Crippen LogP contribution >= 0.6 is 8.58 Å². The molecule has 0 aromatic heterocycles. The van der Waals surface area contributed by atoms with Crippen molar-refractivity contribution in [2.45, 2.75) is 38.8 Å². The fourth-order valence-electron chi connectivity index (χ4n) is 3.57. The van der Waals surface area contributed by atoms with Gasteiger partial charge in [-0.25, -0.2) is 0 Å². The number of hydrogen-bond acceptors (Lipinski definition) is 2. The Bertz CT molecular complexity index is 946. The van der Waals surface area contributed by atoms with Gasteiger partial charge in [0, 0.05) is 22.5 Å². The summed E-state index contributed by atoms with van der Waals surface area (Å²) in [4.78, 5) is 4.68. The molecule has 0 saturated carbocycles. The average Bonchev–Trinajstić information content (AvgIpc) is 2.73. The van der Waals surface area contributed by atoms with Gasteiger partial charge in [-0.05, 0) is 49.3 Å². The van der Waals surface area contributed by atoms with Crippen LogP contribution in [0, 0.1) is 6.92 Å². The molecule has 3 rings (SSSR count). The predicted octanol–water partition coefficient (Wildman–Crippen LogP) is 6.47. The lowest BCUT2D eigenvalue weighted by molar-refractivity contribution is 0.448. The van der Waals surface area contributed by atoms with Crippen LogP contribution in [0.2, 0.25) is 0 Å². The van der Waals surface area contributed by atoms with Gasteiger partial charge in [0.25, 0.3) is 0 Å². The Balaban J connectivity index is 2.01. The zero-order valence-electron chi connectivity index (χ0n) is 16.8. The molecule has 1 N–H and O–H groups in total. The molecule has 0 spiro atoms. The number of phenols is 1. The van der Waals surface area contributed by atoms with Crippen molar-refractivity contribution < 1.29 is 5.11 Å². The van der Waals surface area contributed by atoms with Crippen LogP contribution in [0.1, 0.15) is 43.4 Å². The number of benzene rings is 3. The van der Waals surface area contributed by atoms with Gasteiger partial charge < -0.3 is 5.11 Å². The van der Waals surface area contributed by atoms with Crippen molar-refractivity contribution in [1.82, 2.24) is 0 Å². The molecule has 144 valence electrons. The standard InChI is InChI=1S/C25H28NOP/c1-4-25(5-2,22-13-9-10-14-23(22)27)28-24-16-15-19(3)17-20(24)18-26-21-11-7-6-8-12-21/h6-18,27-28H,4-5H2,1-3H3. The minimum atomic E-state index is -0.0735. The minimum Gasteiger partial charge on any atom is -0.508 e. The van der Waals surface area contributed by atoms with Gasteiger partial charge in [0.2, 0.25) is 0 Å². The maximum Gasteiger partial charge on any atom is 0.119 e. The van der Waals surface area contributed by atoms with Crippen molar-refractivity contribution in [3.63, 3.8) is 0 Å². The van der Waals surface area contributed by atoms with Crippen LogP contribution in [-0.4, -0.2) is 11.3 Å². The number of phenolic OH excluding ortho intramolecular Hbond substituents is 1. The van der Waals surface area contributed by atoms with Crippen LogP contribution < -0.4 is 5.30 Å². The van der Waals surface area contributed by atoms with Gasteiger partial charge in [0.1, 0.15) is 5.75 Å². The number of hydrogen-bond donors (Lipinski definition) is 1. The molecule has 0 fully saturated rings. The molecular formula is C25H28NOP. The van der Waals surface area contributed by atoms with Crippen LogP contribution in [0.15, 0.2) is 77.8 Å². The Kier molecular flexibility index (Phi) is 6.65. The second-order valence-electron chi connectivity index (χ2n) is 7.12. The first-order chi connectivity index (χ1) is 13.6. The molecule has 0 aliphatic heterocycles. The normalized spacial score (nSPS) is 12.2. The molecule has 2 nitrogen and oxygen atoms in total. The number of aliphatic imine (C=N–C) groups is 1. The molecule has 3 aromatic carbocycles. The summed E-state index contributed by atoms with van der Waals surface area (Å²) in [7, 11) is 0.551. The van der Waals surface area contributed by atoms with Crippen molar-refractivity contribution in [1.29, 1.82) is 0 Å². The summed E-state index contributed by atoms with van der Waals surface area (Å²) in [6, 6.07) is 24.4. The van der Waals surface area contributed by atoms with E-state index in [-0.39, 0.29) is 5.16 Å². The van der Waals surface area contributed by atoms with E-state index in [2.05, 4.69) is 50.0 Å². The lowest BCUT2D eigenvalue weighted by Crippen LogP contribution is -2.23. The highest BCUT2D eigenvalue weighted by Gasteiger charge is 2.31. The predicted molar refractivity (Wildman–Crippen MR) is 123 cm³/mol. The molecular weight excluding hydrogens is 361 g/mol. The molecule has 0 bridgehead atoms. The van der Waals surface area contributed by atoms with E-state index < -0.39 is 0 Å². The summed E-state index contributed by atoms with van der Waals surface area (Å²) < 4.78 is 0. The van der Waals surface area contributed by atoms with Crippen LogP contribution in [0.4, 0.5) is 5.69 Å². The van der Waals surface area contributed by atoms with Gasteiger partial charge in [-0.2, -0.15) is 0 Å². The second kappa shape index (κ2) is 9.17. The maximum absolute atomic E-state index is 10.5. The van der Waals surface area contributed by atoms with Crippen LogP contribution in [-0.2, 0) is 5.16 Å². The summed E-state index contributed by atoms with van der Waals surface area (Å²) in [5, 5.41) is 11.7. The summed E-state index contributed by atoms with van der Waals surface area (Å²) in [6.07, 6.45) is 3.93. The van der Waals surface area contributed by atoms with Gasteiger partial charge in [-0.3, -0.25) is 4.99 Å². The number of para-hydroxylation sites is 2. The first kappa shape index (κ1) is 20.3. The molecule has 3 aromatic rings. The molecule has 1 unspecified atom stereocenters. The molecule has 3 heteroatoms. The van der Waals surface area contributed by atoms with E-state index in [0.29, 0.717) is 14.3 Å². The van der Waals surface area contributed by atoms with E-state index in [9.17, 15) is 5.11 Å². The van der Waals surface area contributed by atoms with Crippen LogP contribution in [0.25, 0.3) is 0 Å². The third-order valence-electron chi connectivity index (χ3n) is 5.32. The molecule has 1 atom stereocenters. The molecule has 0 aliphatic carbocycles. The number of nitrogens with zero attached hydrogens (tertiary/aromatic N) is 1. The van der Waals surface area contributed by atoms with E-state index in [4.69, 9.17) is 0 Å². The second-order valence-corrected chi connectivity index (χ2v) is 8.86. The molecule has 0 amide bonds. The lowest BCUT2D eigenvalue weighted by atomic mass is 9.92. The van der Waals surface area contributed by atoms with E-state index in [1.807, 2.05) is 48.7 Å². The molecule has 0 heterocycles. The molecule has 0 aliphatic rings. The lowest BCUT2D eigenvalue weighted by Gasteiger charge is -2.33. The van der Waals surface area contributed by atoms with Crippen LogP contribution in [0.5, 0.6) is 5.75 Å². The summed E-state index contributed by atoms with van der Waals surface area (Å²) in [5.41, 5.74) is 4.38. The number of rotatable bonds is 7. The smallest absolute Gasteiger partial charge is 0.119 e. The Labute approximate surface area is 170 Å². The Morgan fingerprint density at radius 1 is 0.929 bits per heavy atom. The van der Waals surface area contributed by atoms with E-state index in [1.54, 1.807) is 6.07 Å². The third kappa shape index (κ3) is 4.51. The molecule has 0 radical (unpaired) electrons. The fraction of sp³-hybridized carbons (Fsp3) is 0.240. The highest BCUT2D eigenvalue weighted by Crippen LogP contribution is 2.49. The first-order valence-electron chi connectivity index (χ1n) is 9.84. The van der Waals surface area contributed by atoms with E-state index in [0.717, 1.165) is 29.7 Å². The van der Waals surface area contributed by atoms with Crippen molar-refractivity contribution in [2.24, 2.45) is 4.99 Å². The zero-order chi connectivity index (χ0) is 20.0. The quantitative estimate of drug-likeness (QED) is 0.364. The largest absolute Gasteiger partial charge is 0.508 e. The van der Waals surface area contributed by atoms with E-state index in [1.165, 1.54) is 10.9 Å². The Morgan fingerprint density at radius 3 is 2.29 bits per heavy atom. The van der Waals surface area contributed by atoms with Gasteiger partial charge in [0.15, 0.2) is 0 Å². The summed E-state index contributed by atoms with van der Waals surface area (Å²) in [5.74, 6) is 0.394. The number of aromatic hydroxyl groups is 1. The SMILES string of the molecule is CCC(CC)(Pc1ccc(C)cc1C=Nc1ccccc1)c1ccccc1O. The average molecular weight is 389 g/mol. The van der Waals surface area contributed by atoms with E-state index >= 15 is 0 Å². The summed E-state index contributed by atoms with van der Waals surface area (Å²) >= 11 is 0.